The highest BCUT2D eigenvalue weighted by atomic mass is 19.1. The highest BCUT2D eigenvalue weighted by molar-refractivity contribution is 5.33. The van der Waals surface area contributed by atoms with E-state index in [2.05, 4.69) is 5.32 Å². The van der Waals surface area contributed by atoms with Crippen molar-refractivity contribution in [3.05, 3.63) is 64.7 Å². The van der Waals surface area contributed by atoms with E-state index in [9.17, 15) is 8.78 Å². The van der Waals surface area contributed by atoms with Gasteiger partial charge in [0.15, 0.2) is 0 Å². The molecule has 0 spiro atoms. The summed E-state index contributed by atoms with van der Waals surface area (Å²) in [6.45, 7) is 0.485. The standard InChI is InChI=1S/C16H14F2N2O/c1-20-9-12-4-14(17)7-15(5-12)21-10-13-3-2-11(8-19)6-16(13)18/h2-7,20H,9-10H2,1H3. The lowest BCUT2D eigenvalue weighted by atomic mass is 10.1. The second kappa shape index (κ2) is 6.82. The van der Waals surface area contributed by atoms with E-state index in [1.165, 1.54) is 24.3 Å². The van der Waals surface area contributed by atoms with Crippen LogP contribution in [0.5, 0.6) is 5.75 Å². The largest absolute Gasteiger partial charge is 0.489 e. The molecule has 0 aliphatic rings. The van der Waals surface area contributed by atoms with Gasteiger partial charge in [-0.2, -0.15) is 5.26 Å². The van der Waals surface area contributed by atoms with E-state index < -0.39 is 11.6 Å². The molecule has 0 aromatic heterocycles. The lowest BCUT2D eigenvalue weighted by Crippen LogP contribution is -2.06. The maximum Gasteiger partial charge on any atom is 0.131 e. The van der Waals surface area contributed by atoms with Crippen molar-refractivity contribution in [2.75, 3.05) is 7.05 Å². The smallest absolute Gasteiger partial charge is 0.131 e. The van der Waals surface area contributed by atoms with E-state index in [1.54, 1.807) is 13.1 Å². The number of hydrogen-bond donors (Lipinski definition) is 1. The highest BCUT2D eigenvalue weighted by Gasteiger charge is 2.06. The minimum atomic E-state index is -0.513. The SMILES string of the molecule is CNCc1cc(F)cc(OCc2ccc(C#N)cc2F)c1. The molecule has 0 saturated heterocycles. The van der Waals surface area contributed by atoms with Gasteiger partial charge >= 0.3 is 0 Å². The Labute approximate surface area is 121 Å². The Morgan fingerprint density at radius 1 is 1.19 bits per heavy atom. The molecule has 2 aromatic carbocycles. The summed E-state index contributed by atoms with van der Waals surface area (Å²) in [7, 11) is 1.76. The van der Waals surface area contributed by atoms with Crippen LogP contribution in [0.15, 0.2) is 36.4 Å². The van der Waals surface area contributed by atoms with E-state index in [-0.39, 0.29) is 12.2 Å². The van der Waals surface area contributed by atoms with Gasteiger partial charge in [-0.15, -0.1) is 0 Å². The first-order valence-corrected chi connectivity index (χ1v) is 6.38. The van der Waals surface area contributed by atoms with Crippen molar-refractivity contribution in [1.82, 2.24) is 5.32 Å². The monoisotopic (exact) mass is 288 g/mol. The number of hydrogen-bond acceptors (Lipinski definition) is 3. The van der Waals surface area contributed by atoms with Gasteiger partial charge in [-0.05, 0) is 36.9 Å². The van der Waals surface area contributed by atoms with Crippen molar-refractivity contribution in [2.45, 2.75) is 13.2 Å². The van der Waals surface area contributed by atoms with Gasteiger partial charge in [0.05, 0.1) is 11.6 Å². The summed E-state index contributed by atoms with van der Waals surface area (Å²) >= 11 is 0. The van der Waals surface area contributed by atoms with Gasteiger partial charge in [-0.25, -0.2) is 8.78 Å². The molecule has 21 heavy (non-hydrogen) atoms. The van der Waals surface area contributed by atoms with Crippen LogP contribution in [-0.4, -0.2) is 7.05 Å². The number of benzene rings is 2. The van der Waals surface area contributed by atoms with Crippen molar-refractivity contribution in [3.8, 4) is 11.8 Å². The molecule has 1 N–H and O–H groups in total. The van der Waals surface area contributed by atoms with Gasteiger partial charge in [0, 0.05) is 18.2 Å². The lowest BCUT2D eigenvalue weighted by molar-refractivity contribution is 0.298. The average Bonchev–Trinajstić information content (AvgIpc) is 2.45. The molecular weight excluding hydrogens is 274 g/mol. The van der Waals surface area contributed by atoms with Crippen LogP contribution in [0.25, 0.3) is 0 Å². The molecule has 2 rings (SSSR count). The summed E-state index contributed by atoms with van der Waals surface area (Å²) in [5, 5.41) is 11.6. The zero-order chi connectivity index (χ0) is 15.2. The number of rotatable bonds is 5. The Morgan fingerprint density at radius 2 is 2.00 bits per heavy atom. The molecule has 0 saturated carbocycles. The molecule has 0 aliphatic heterocycles. The molecule has 0 bridgehead atoms. The average molecular weight is 288 g/mol. The number of nitriles is 1. The summed E-state index contributed by atoms with van der Waals surface area (Å²) in [5.41, 5.74) is 1.31. The van der Waals surface area contributed by atoms with Gasteiger partial charge in [-0.3, -0.25) is 0 Å². The molecule has 5 heteroatoms. The Balaban J connectivity index is 2.11. The fourth-order valence-corrected chi connectivity index (χ4v) is 1.91. The minimum absolute atomic E-state index is 0.0278. The maximum absolute atomic E-state index is 13.7. The number of halogens is 2. The van der Waals surface area contributed by atoms with E-state index in [4.69, 9.17) is 10.00 Å². The van der Waals surface area contributed by atoms with Crippen LogP contribution in [0, 0.1) is 23.0 Å². The normalized spacial score (nSPS) is 10.2. The first-order valence-electron chi connectivity index (χ1n) is 6.38. The van der Waals surface area contributed by atoms with Crippen molar-refractivity contribution < 1.29 is 13.5 Å². The molecule has 0 heterocycles. The molecule has 3 nitrogen and oxygen atoms in total. The zero-order valence-electron chi connectivity index (χ0n) is 11.5. The van der Waals surface area contributed by atoms with Crippen LogP contribution < -0.4 is 10.1 Å². The van der Waals surface area contributed by atoms with Crippen molar-refractivity contribution in [1.29, 1.82) is 5.26 Å². The second-order valence-corrected chi connectivity index (χ2v) is 4.53. The van der Waals surface area contributed by atoms with Crippen molar-refractivity contribution in [2.24, 2.45) is 0 Å². The third kappa shape index (κ3) is 4.01. The molecule has 108 valence electrons. The molecule has 2 aromatic rings. The van der Waals surface area contributed by atoms with Gasteiger partial charge < -0.3 is 10.1 Å². The molecule has 0 fully saturated rings. The highest BCUT2D eigenvalue weighted by Crippen LogP contribution is 2.19. The van der Waals surface area contributed by atoms with Gasteiger partial charge in [-0.1, -0.05) is 6.07 Å². The van der Waals surface area contributed by atoms with E-state index in [1.807, 2.05) is 6.07 Å². The minimum Gasteiger partial charge on any atom is -0.489 e. The van der Waals surface area contributed by atoms with Crippen LogP contribution in [0.4, 0.5) is 8.78 Å². The molecule has 0 unspecified atom stereocenters. The summed E-state index contributed by atoms with van der Waals surface area (Å²) < 4.78 is 32.6. The number of nitrogens with one attached hydrogen (secondary N) is 1. The van der Waals surface area contributed by atoms with Crippen molar-refractivity contribution >= 4 is 0 Å². The van der Waals surface area contributed by atoms with E-state index >= 15 is 0 Å². The van der Waals surface area contributed by atoms with Crippen LogP contribution in [0.2, 0.25) is 0 Å². The summed E-state index contributed by atoms with van der Waals surface area (Å²) in [6.07, 6.45) is 0. The first kappa shape index (κ1) is 14.9. The molecule has 0 amide bonds. The quantitative estimate of drug-likeness (QED) is 0.919. The van der Waals surface area contributed by atoms with Gasteiger partial charge in [0.25, 0.3) is 0 Å². The summed E-state index contributed by atoms with van der Waals surface area (Å²) in [5.74, 6) is -0.581. The third-order valence-corrected chi connectivity index (χ3v) is 2.89. The van der Waals surface area contributed by atoms with Gasteiger partial charge in [0.2, 0.25) is 0 Å². The topological polar surface area (TPSA) is 45.0 Å². The first-order chi connectivity index (χ1) is 10.1. The molecule has 0 aliphatic carbocycles. The van der Waals surface area contributed by atoms with Crippen LogP contribution in [-0.2, 0) is 13.2 Å². The fraction of sp³-hybridized carbons (Fsp3) is 0.188. The Bertz CT molecular complexity index is 680. The van der Waals surface area contributed by atoms with Crippen molar-refractivity contribution in [3.63, 3.8) is 0 Å². The Kier molecular flexibility index (Phi) is 4.85. The predicted molar refractivity (Wildman–Crippen MR) is 74.6 cm³/mol. The number of nitrogens with zero attached hydrogens (tertiary/aromatic N) is 1. The second-order valence-electron chi connectivity index (χ2n) is 4.53. The summed E-state index contributed by atoms with van der Waals surface area (Å²) in [4.78, 5) is 0. The van der Waals surface area contributed by atoms with Gasteiger partial charge in [0.1, 0.15) is 24.0 Å². The molecule has 0 radical (unpaired) electrons. The van der Waals surface area contributed by atoms with E-state index in [0.717, 1.165) is 11.6 Å². The lowest BCUT2D eigenvalue weighted by Gasteiger charge is -2.09. The fourth-order valence-electron chi connectivity index (χ4n) is 1.91. The van der Waals surface area contributed by atoms with Crippen LogP contribution >= 0.6 is 0 Å². The third-order valence-electron chi connectivity index (χ3n) is 2.89. The number of ether oxygens (including phenoxy) is 1. The zero-order valence-corrected chi connectivity index (χ0v) is 11.5. The predicted octanol–water partition coefficient (Wildman–Crippen LogP) is 3.13. The molecule has 0 atom stereocenters. The molecular formula is C16H14F2N2O. The Morgan fingerprint density at radius 3 is 2.67 bits per heavy atom. The van der Waals surface area contributed by atoms with Crippen LogP contribution in [0.3, 0.4) is 0 Å². The Hall–Kier alpha value is -2.45. The maximum atomic E-state index is 13.7. The van der Waals surface area contributed by atoms with E-state index in [0.29, 0.717) is 17.9 Å². The van der Waals surface area contributed by atoms with Crippen LogP contribution in [0.1, 0.15) is 16.7 Å². The summed E-state index contributed by atoms with van der Waals surface area (Å²) in [6, 6.07) is 10.4.